The Bertz CT molecular complexity index is 552. The minimum atomic E-state index is 1.04. The van der Waals surface area contributed by atoms with Gasteiger partial charge in [-0.15, -0.1) is 5.10 Å². The number of rotatable bonds is 13. The average Bonchev–Trinajstić information content (AvgIpc) is 3.08. The summed E-state index contributed by atoms with van der Waals surface area (Å²) >= 11 is 0. The number of hydrogen-bond acceptors (Lipinski definition) is 3. The van der Waals surface area contributed by atoms with Gasteiger partial charge in [-0.1, -0.05) is 69.7 Å². The molecule has 24 heavy (non-hydrogen) atoms. The number of fused-ring (bicyclic) bond motifs is 1. The molecule has 0 atom stereocenters. The van der Waals surface area contributed by atoms with Crippen LogP contribution >= 0.6 is 0 Å². The molecule has 4 nitrogen and oxygen atoms in total. The fraction of sp³-hybridized carbons (Fsp3) is 0.700. The van der Waals surface area contributed by atoms with Crippen LogP contribution in [-0.4, -0.2) is 39.9 Å². The molecule has 134 valence electrons. The molecular weight excluding hydrogens is 296 g/mol. The smallest absolute Gasteiger partial charge is 0.116 e. The first-order chi connectivity index (χ1) is 11.8. The van der Waals surface area contributed by atoms with Gasteiger partial charge in [0.05, 0.1) is 5.52 Å². The average molecular weight is 331 g/mol. The second-order valence-corrected chi connectivity index (χ2v) is 6.84. The third-order valence-electron chi connectivity index (χ3n) is 4.79. The van der Waals surface area contributed by atoms with Crippen molar-refractivity contribution in [1.82, 2.24) is 20.3 Å². The first-order valence-electron chi connectivity index (χ1n) is 9.86. The number of H-pyrrole nitrogens is 1. The fourth-order valence-corrected chi connectivity index (χ4v) is 3.27. The lowest BCUT2D eigenvalue weighted by Crippen LogP contribution is -2.28. The van der Waals surface area contributed by atoms with Crippen LogP contribution in [0.25, 0.3) is 11.0 Å². The van der Waals surface area contributed by atoms with E-state index in [4.69, 9.17) is 0 Å². The van der Waals surface area contributed by atoms with Gasteiger partial charge in [0.2, 0.25) is 0 Å². The van der Waals surface area contributed by atoms with E-state index < -0.39 is 0 Å². The lowest BCUT2D eigenvalue weighted by atomic mass is 10.1. The van der Waals surface area contributed by atoms with E-state index in [1.54, 1.807) is 0 Å². The van der Waals surface area contributed by atoms with Crippen molar-refractivity contribution >= 4 is 11.0 Å². The van der Waals surface area contributed by atoms with E-state index >= 15 is 0 Å². The highest BCUT2D eigenvalue weighted by atomic mass is 15.3. The van der Waals surface area contributed by atoms with Crippen LogP contribution in [0.15, 0.2) is 18.2 Å². The maximum atomic E-state index is 4.25. The molecule has 0 amide bonds. The van der Waals surface area contributed by atoms with E-state index in [-0.39, 0.29) is 0 Å². The Morgan fingerprint density at radius 2 is 1.58 bits per heavy atom. The zero-order chi connectivity index (χ0) is 17.0. The summed E-state index contributed by atoms with van der Waals surface area (Å²) in [6.45, 7) is 8.16. The van der Waals surface area contributed by atoms with Gasteiger partial charge in [-0.2, -0.15) is 0 Å². The zero-order valence-electron chi connectivity index (χ0n) is 15.6. The normalized spacial score (nSPS) is 11.6. The van der Waals surface area contributed by atoms with Crippen molar-refractivity contribution in [2.45, 2.75) is 71.6 Å². The minimum Gasteiger partial charge on any atom is -0.303 e. The lowest BCUT2D eigenvalue weighted by Gasteiger charge is -2.22. The lowest BCUT2D eigenvalue weighted by molar-refractivity contribution is 0.264. The maximum absolute atomic E-state index is 4.25. The van der Waals surface area contributed by atoms with Crippen molar-refractivity contribution in [2.24, 2.45) is 0 Å². The molecule has 0 fully saturated rings. The molecule has 0 saturated heterocycles. The Morgan fingerprint density at radius 1 is 0.875 bits per heavy atom. The number of benzene rings is 1. The molecule has 0 aliphatic rings. The second-order valence-electron chi connectivity index (χ2n) is 6.84. The molecule has 1 N–H and O–H groups in total. The first kappa shape index (κ1) is 18.9. The van der Waals surface area contributed by atoms with Crippen LogP contribution in [-0.2, 0) is 6.42 Å². The molecule has 2 rings (SSSR count). The number of aromatic amines is 1. The minimum absolute atomic E-state index is 1.04. The molecule has 0 aliphatic carbocycles. The largest absolute Gasteiger partial charge is 0.303 e. The molecule has 2 aromatic rings. The van der Waals surface area contributed by atoms with Crippen molar-refractivity contribution < 1.29 is 0 Å². The molecule has 1 heterocycles. The van der Waals surface area contributed by atoms with Crippen LogP contribution in [0.4, 0.5) is 0 Å². The Morgan fingerprint density at radius 3 is 2.25 bits per heavy atom. The molecule has 1 aromatic carbocycles. The molecule has 0 aliphatic heterocycles. The van der Waals surface area contributed by atoms with Crippen LogP contribution < -0.4 is 0 Å². The van der Waals surface area contributed by atoms with Gasteiger partial charge in [0.25, 0.3) is 0 Å². The molecule has 0 spiro atoms. The second kappa shape index (κ2) is 11.2. The highest BCUT2D eigenvalue weighted by molar-refractivity contribution is 5.77. The number of hydrogen-bond donors (Lipinski definition) is 1. The summed E-state index contributed by atoms with van der Waals surface area (Å²) in [5.41, 5.74) is 3.40. The van der Waals surface area contributed by atoms with Crippen LogP contribution in [0.2, 0.25) is 0 Å². The first-order valence-corrected chi connectivity index (χ1v) is 9.86. The van der Waals surface area contributed by atoms with E-state index in [9.17, 15) is 0 Å². The number of nitrogens with zero attached hydrogens (tertiary/aromatic N) is 3. The van der Waals surface area contributed by atoms with Crippen LogP contribution in [0, 0.1) is 0 Å². The van der Waals surface area contributed by atoms with Crippen LogP contribution in [0.5, 0.6) is 0 Å². The van der Waals surface area contributed by atoms with Crippen molar-refractivity contribution in [1.29, 1.82) is 0 Å². The maximum Gasteiger partial charge on any atom is 0.116 e. The fourth-order valence-electron chi connectivity index (χ4n) is 3.27. The number of unbranched alkanes of at least 4 members (excludes halogenated alkanes) is 6. The highest BCUT2D eigenvalue weighted by Gasteiger charge is 2.08. The highest BCUT2D eigenvalue weighted by Crippen LogP contribution is 2.15. The van der Waals surface area contributed by atoms with Gasteiger partial charge in [-0.3, -0.25) is 5.10 Å². The number of aromatic nitrogens is 3. The molecule has 0 unspecified atom stereocenters. The van der Waals surface area contributed by atoms with Crippen molar-refractivity contribution in [2.75, 3.05) is 19.6 Å². The van der Waals surface area contributed by atoms with Gasteiger partial charge in [0.1, 0.15) is 5.52 Å². The molecule has 0 bridgehead atoms. The predicted molar refractivity (Wildman–Crippen MR) is 102 cm³/mol. The summed E-state index contributed by atoms with van der Waals surface area (Å²) in [5, 5.41) is 11.2. The molecule has 4 heteroatoms. The van der Waals surface area contributed by atoms with E-state index in [0.29, 0.717) is 0 Å². The van der Waals surface area contributed by atoms with Crippen molar-refractivity contribution in [3.05, 3.63) is 23.8 Å². The Balaban J connectivity index is 1.84. The summed E-state index contributed by atoms with van der Waals surface area (Å²) in [6, 6.07) is 6.34. The zero-order valence-corrected chi connectivity index (χ0v) is 15.6. The topological polar surface area (TPSA) is 44.8 Å². The van der Waals surface area contributed by atoms with Crippen molar-refractivity contribution in [3.8, 4) is 0 Å². The number of nitrogens with one attached hydrogen (secondary N) is 1. The summed E-state index contributed by atoms with van der Waals surface area (Å²) < 4.78 is 0. The molecule has 1 aromatic heterocycles. The molecule has 0 radical (unpaired) electrons. The summed E-state index contributed by atoms with van der Waals surface area (Å²) in [7, 11) is 0. The van der Waals surface area contributed by atoms with Crippen LogP contribution in [0.3, 0.4) is 0 Å². The Labute approximate surface area is 147 Å². The Hall–Kier alpha value is -1.42. The third kappa shape index (κ3) is 6.23. The summed E-state index contributed by atoms with van der Waals surface area (Å²) in [6.07, 6.45) is 11.8. The summed E-state index contributed by atoms with van der Waals surface area (Å²) in [5.74, 6) is 0. The predicted octanol–water partition coefficient (Wildman–Crippen LogP) is 4.96. The van der Waals surface area contributed by atoms with Gasteiger partial charge < -0.3 is 4.90 Å². The SMILES string of the molecule is CCCCCCN(CCCCCC)CCc1cccc2[nH]nnc12. The van der Waals surface area contributed by atoms with Crippen molar-refractivity contribution in [3.63, 3.8) is 0 Å². The summed E-state index contributed by atoms with van der Waals surface area (Å²) in [4.78, 5) is 2.66. The van der Waals surface area contributed by atoms with Crippen LogP contribution in [0.1, 0.15) is 70.8 Å². The van der Waals surface area contributed by atoms with E-state index in [1.165, 1.54) is 70.0 Å². The van der Waals surface area contributed by atoms with E-state index in [2.05, 4.69) is 46.3 Å². The van der Waals surface area contributed by atoms with Gasteiger partial charge >= 0.3 is 0 Å². The molecular formula is C20H34N4. The van der Waals surface area contributed by atoms with Gasteiger partial charge in [-0.05, 0) is 44.0 Å². The van der Waals surface area contributed by atoms with Gasteiger partial charge in [0, 0.05) is 6.54 Å². The Kier molecular flexibility index (Phi) is 8.82. The van der Waals surface area contributed by atoms with E-state index in [0.717, 1.165) is 24.0 Å². The van der Waals surface area contributed by atoms with E-state index in [1.807, 2.05) is 6.07 Å². The third-order valence-corrected chi connectivity index (χ3v) is 4.79. The van der Waals surface area contributed by atoms with Gasteiger partial charge in [0.15, 0.2) is 0 Å². The van der Waals surface area contributed by atoms with Gasteiger partial charge in [-0.25, -0.2) is 0 Å². The monoisotopic (exact) mass is 330 g/mol. The molecule has 0 saturated carbocycles. The quantitative estimate of drug-likeness (QED) is 0.528. The standard InChI is InChI=1S/C20H34N4/c1-3-5-7-9-15-24(16-10-8-6-4-2)17-14-18-12-11-13-19-20(18)22-23-21-19/h11-13H,3-10,14-17H2,1-2H3,(H,21,22,23).